The topological polar surface area (TPSA) is 7.60 Å². The number of nitrogens with zero attached hydrogens (tertiary/aromatic N) is 2. The predicted molar refractivity (Wildman–Crippen MR) is 55.8 cm³/mol. The number of hydrogen-bond donors (Lipinski definition) is 0. The van der Waals surface area contributed by atoms with Crippen LogP contribution in [0.3, 0.4) is 0 Å². The lowest BCUT2D eigenvalue weighted by molar-refractivity contribution is 0.834. The maximum atomic E-state index is 6.66. The number of rotatable bonds is 4. The molecule has 0 amide bonds. The molecule has 0 unspecified atom stereocenters. The molecule has 0 heterocycles. The molecule has 0 aromatic heterocycles. The summed E-state index contributed by atoms with van der Waals surface area (Å²) in [6.07, 6.45) is 0.939. The van der Waals surface area contributed by atoms with Crippen LogP contribution >= 0.6 is 0 Å². The molecule has 1 rings (SSSR count). The van der Waals surface area contributed by atoms with E-state index in [0.29, 0.717) is 6.54 Å². The first-order valence-electron chi connectivity index (χ1n) is 4.44. The van der Waals surface area contributed by atoms with Crippen LogP contribution in [0.5, 0.6) is 0 Å². The zero-order valence-corrected chi connectivity index (χ0v) is 7.90. The van der Waals surface area contributed by atoms with E-state index in [-0.39, 0.29) is 0 Å². The standard InChI is InChI=1S/C11H14N2/c1-12-9-6-10-13(2)11-7-4-3-5-8-11/h3-5,7-8H,6,9-10H2,2H3. The molecule has 2 nitrogen and oxygen atoms in total. The van der Waals surface area contributed by atoms with Crippen molar-refractivity contribution in [2.75, 3.05) is 25.0 Å². The molecule has 0 spiro atoms. The molecule has 1 aromatic rings. The molecule has 1 aromatic carbocycles. The molecule has 0 saturated carbocycles. The predicted octanol–water partition coefficient (Wildman–Crippen LogP) is 2.43. The second-order valence-corrected chi connectivity index (χ2v) is 2.99. The van der Waals surface area contributed by atoms with Crippen molar-refractivity contribution in [1.82, 2.24) is 0 Å². The molecule has 13 heavy (non-hydrogen) atoms. The lowest BCUT2D eigenvalue weighted by Crippen LogP contribution is -2.18. The number of para-hydroxylation sites is 1. The molecular formula is C11H14N2. The van der Waals surface area contributed by atoms with Gasteiger partial charge in [-0.25, -0.2) is 6.57 Å². The van der Waals surface area contributed by atoms with Crippen molar-refractivity contribution in [3.63, 3.8) is 0 Å². The van der Waals surface area contributed by atoms with E-state index in [1.54, 1.807) is 0 Å². The average Bonchev–Trinajstić information content (AvgIpc) is 2.19. The van der Waals surface area contributed by atoms with Crippen molar-refractivity contribution < 1.29 is 0 Å². The fraction of sp³-hybridized carbons (Fsp3) is 0.364. The molecule has 2 heteroatoms. The molecule has 0 fully saturated rings. The Hall–Kier alpha value is -1.49. The minimum atomic E-state index is 0.622. The van der Waals surface area contributed by atoms with Crippen LogP contribution in [0.4, 0.5) is 5.69 Å². The van der Waals surface area contributed by atoms with E-state index in [4.69, 9.17) is 6.57 Å². The van der Waals surface area contributed by atoms with Crippen LogP contribution in [0.25, 0.3) is 4.85 Å². The normalized spacial score (nSPS) is 9.23. The Labute approximate surface area is 79.6 Å². The molecule has 68 valence electrons. The molecule has 0 radical (unpaired) electrons. The summed E-state index contributed by atoms with van der Waals surface area (Å²) in [5.41, 5.74) is 1.22. The fourth-order valence-electron chi connectivity index (χ4n) is 1.20. The Morgan fingerprint density at radius 3 is 2.62 bits per heavy atom. The zero-order valence-electron chi connectivity index (χ0n) is 7.90. The summed E-state index contributed by atoms with van der Waals surface area (Å²) in [6.45, 7) is 8.23. The van der Waals surface area contributed by atoms with Gasteiger partial charge in [0, 0.05) is 25.7 Å². The Bertz CT molecular complexity index is 274. The Morgan fingerprint density at radius 2 is 2.00 bits per heavy atom. The number of benzene rings is 1. The van der Waals surface area contributed by atoms with Crippen molar-refractivity contribution in [3.8, 4) is 0 Å². The van der Waals surface area contributed by atoms with Gasteiger partial charge in [-0.1, -0.05) is 18.2 Å². The van der Waals surface area contributed by atoms with Crippen molar-refractivity contribution in [2.24, 2.45) is 0 Å². The Balaban J connectivity index is 2.41. The number of hydrogen-bond acceptors (Lipinski definition) is 1. The SMILES string of the molecule is [C-]#[N+]CCCN(C)c1ccccc1. The monoisotopic (exact) mass is 174 g/mol. The van der Waals surface area contributed by atoms with Crippen LogP contribution in [0.1, 0.15) is 6.42 Å². The summed E-state index contributed by atoms with van der Waals surface area (Å²) >= 11 is 0. The highest BCUT2D eigenvalue weighted by Gasteiger charge is 1.98. The van der Waals surface area contributed by atoms with Gasteiger partial charge < -0.3 is 9.74 Å². The number of anilines is 1. The molecule has 0 aliphatic rings. The lowest BCUT2D eigenvalue weighted by atomic mass is 10.3. The highest BCUT2D eigenvalue weighted by molar-refractivity contribution is 5.44. The quantitative estimate of drug-likeness (QED) is 0.502. The van der Waals surface area contributed by atoms with Crippen molar-refractivity contribution in [1.29, 1.82) is 0 Å². The third kappa shape index (κ3) is 3.16. The summed E-state index contributed by atoms with van der Waals surface area (Å²) in [5.74, 6) is 0. The summed E-state index contributed by atoms with van der Waals surface area (Å²) in [6, 6.07) is 10.2. The lowest BCUT2D eigenvalue weighted by Gasteiger charge is -2.17. The summed E-state index contributed by atoms with van der Waals surface area (Å²) in [5, 5.41) is 0. The van der Waals surface area contributed by atoms with Crippen LogP contribution in [-0.2, 0) is 0 Å². The van der Waals surface area contributed by atoms with Gasteiger partial charge in [-0.3, -0.25) is 0 Å². The van der Waals surface area contributed by atoms with Gasteiger partial charge in [-0.05, 0) is 12.1 Å². The van der Waals surface area contributed by atoms with Crippen LogP contribution < -0.4 is 4.90 Å². The summed E-state index contributed by atoms with van der Waals surface area (Å²) in [7, 11) is 2.05. The van der Waals surface area contributed by atoms with Gasteiger partial charge in [-0.15, -0.1) is 0 Å². The molecular weight excluding hydrogens is 160 g/mol. The van der Waals surface area contributed by atoms with Gasteiger partial charge in [0.1, 0.15) is 0 Å². The van der Waals surface area contributed by atoms with Crippen molar-refractivity contribution in [2.45, 2.75) is 6.42 Å². The van der Waals surface area contributed by atoms with Crippen LogP contribution in [0, 0.1) is 6.57 Å². The van der Waals surface area contributed by atoms with Crippen LogP contribution in [0.15, 0.2) is 30.3 Å². The molecule has 0 bridgehead atoms. The largest absolute Gasteiger partial charge is 0.374 e. The molecule has 0 aliphatic carbocycles. The van der Waals surface area contributed by atoms with Gasteiger partial charge in [-0.2, -0.15) is 0 Å². The fourth-order valence-corrected chi connectivity index (χ4v) is 1.20. The highest BCUT2D eigenvalue weighted by atomic mass is 15.1. The van der Waals surface area contributed by atoms with Gasteiger partial charge in [0.25, 0.3) is 0 Å². The minimum absolute atomic E-state index is 0.622. The first-order valence-corrected chi connectivity index (χ1v) is 4.44. The van der Waals surface area contributed by atoms with E-state index in [0.717, 1.165) is 13.0 Å². The third-order valence-electron chi connectivity index (χ3n) is 1.96. The minimum Gasteiger partial charge on any atom is -0.374 e. The maximum Gasteiger partial charge on any atom is 0.216 e. The smallest absolute Gasteiger partial charge is 0.216 e. The Kier molecular flexibility index (Phi) is 3.84. The second kappa shape index (κ2) is 5.21. The van der Waals surface area contributed by atoms with Crippen LogP contribution in [0.2, 0.25) is 0 Å². The first kappa shape index (κ1) is 9.60. The highest BCUT2D eigenvalue weighted by Crippen LogP contribution is 2.10. The van der Waals surface area contributed by atoms with E-state index in [2.05, 4.69) is 28.9 Å². The van der Waals surface area contributed by atoms with E-state index in [1.807, 2.05) is 18.2 Å². The molecule has 0 N–H and O–H groups in total. The van der Waals surface area contributed by atoms with Crippen molar-refractivity contribution >= 4 is 5.69 Å². The van der Waals surface area contributed by atoms with Crippen LogP contribution in [-0.4, -0.2) is 20.1 Å². The van der Waals surface area contributed by atoms with Crippen molar-refractivity contribution in [3.05, 3.63) is 41.7 Å². The summed E-state index contributed by atoms with van der Waals surface area (Å²) in [4.78, 5) is 5.50. The average molecular weight is 174 g/mol. The third-order valence-corrected chi connectivity index (χ3v) is 1.96. The molecule has 0 aliphatic heterocycles. The molecule has 0 saturated heterocycles. The maximum absolute atomic E-state index is 6.66. The van der Waals surface area contributed by atoms with E-state index < -0.39 is 0 Å². The van der Waals surface area contributed by atoms with Gasteiger partial charge in [0.15, 0.2) is 0 Å². The Morgan fingerprint density at radius 1 is 1.31 bits per heavy atom. The zero-order chi connectivity index (χ0) is 9.52. The van der Waals surface area contributed by atoms with Gasteiger partial charge in [0.05, 0.1) is 0 Å². The molecule has 0 atom stereocenters. The van der Waals surface area contributed by atoms with Gasteiger partial charge >= 0.3 is 0 Å². The van der Waals surface area contributed by atoms with Gasteiger partial charge in [0.2, 0.25) is 6.54 Å². The second-order valence-electron chi connectivity index (χ2n) is 2.99. The van der Waals surface area contributed by atoms with E-state index in [1.165, 1.54) is 5.69 Å². The van der Waals surface area contributed by atoms with E-state index in [9.17, 15) is 0 Å². The van der Waals surface area contributed by atoms with E-state index >= 15 is 0 Å². The first-order chi connectivity index (χ1) is 6.34. The summed E-state index contributed by atoms with van der Waals surface area (Å²) < 4.78 is 0.